The normalized spacial score (nSPS) is 11.5. The first-order chi connectivity index (χ1) is 14.2. The maximum Gasteiger partial charge on any atom is 0.341 e. The van der Waals surface area contributed by atoms with Gasteiger partial charge in [0.15, 0.2) is 6.61 Å². The van der Waals surface area contributed by atoms with E-state index in [0.29, 0.717) is 12.1 Å². The van der Waals surface area contributed by atoms with Crippen molar-refractivity contribution in [1.82, 2.24) is 4.90 Å². The van der Waals surface area contributed by atoms with Crippen molar-refractivity contribution in [3.05, 3.63) is 65.0 Å². The van der Waals surface area contributed by atoms with Crippen LogP contribution in [0.1, 0.15) is 41.8 Å². The van der Waals surface area contributed by atoms with E-state index in [2.05, 4.69) is 5.32 Å². The highest BCUT2D eigenvalue weighted by atomic mass is 19.1. The number of carbonyl (C=O) groups excluding carboxylic acids is 3. The van der Waals surface area contributed by atoms with Gasteiger partial charge in [0, 0.05) is 11.7 Å². The van der Waals surface area contributed by atoms with Gasteiger partial charge in [0.05, 0.1) is 5.56 Å². The summed E-state index contributed by atoms with van der Waals surface area (Å²) in [7, 11) is 0. The van der Waals surface area contributed by atoms with Gasteiger partial charge in [-0.05, 0) is 56.5 Å². The molecule has 2 rings (SSSR count). The van der Waals surface area contributed by atoms with Crippen LogP contribution < -0.4 is 5.32 Å². The number of hydrogen-bond donors (Lipinski definition) is 1. The number of amides is 2. The maximum atomic E-state index is 13.7. The lowest BCUT2D eigenvalue weighted by Crippen LogP contribution is -2.45. The Kier molecular flexibility index (Phi) is 8.09. The molecule has 2 amide bonds. The van der Waals surface area contributed by atoms with Crippen LogP contribution in [0, 0.1) is 19.7 Å². The number of aryl methyl sites for hydroxylation is 1. The smallest absolute Gasteiger partial charge is 0.341 e. The van der Waals surface area contributed by atoms with Crippen LogP contribution in [0.5, 0.6) is 0 Å². The molecule has 30 heavy (non-hydrogen) atoms. The Morgan fingerprint density at radius 3 is 2.47 bits per heavy atom. The zero-order chi connectivity index (χ0) is 22.3. The molecule has 2 aromatic carbocycles. The van der Waals surface area contributed by atoms with Crippen LogP contribution in [0.3, 0.4) is 0 Å². The highest BCUT2D eigenvalue weighted by Gasteiger charge is 2.24. The quantitative estimate of drug-likeness (QED) is 0.666. The van der Waals surface area contributed by atoms with Crippen LogP contribution in [0.25, 0.3) is 0 Å². The summed E-state index contributed by atoms with van der Waals surface area (Å²) in [5.74, 6) is -2.52. The molecule has 0 saturated heterocycles. The van der Waals surface area contributed by atoms with Crippen LogP contribution >= 0.6 is 0 Å². The predicted octanol–water partition coefficient (Wildman–Crippen LogP) is 3.87. The van der Waals surface area contributed by atoms with Crippen molar-refractivity contribution in [2.75, 3.05) is 18.5 Å². The lowest BCUT2D eigenvalue weighted by Gasteiger charge is -2.28. The van der Waals surface area contributed by atoms with E-state index in [-0.39, 0.29) is 24.1 Å². The second-order valence-corrected chi connectivity index (χ2v) is 7.13. The van der Waals surface area contributed by atoms with E-state index in [9.17, 15) is 18.8 Å². The number of esters is 1. The van der Waals surface area contributed by atoms with E-state index in [0.717, 1.165) is 17.2 Å². The van der Waals surface area contributed by atoms with Crippen molar-refractivity contribution in [2.24, 2.45) is 0 Å². The minimum Gasteiger partial charge on any atom is -0.452 e. The molecule has 7 heteroatoms. The second-order valence-electron chi connectivity index (χ2n) is 7.13. The molecule has 160 valence electrons. The molecule has 1 N–H and O–H groups in total. The Bertz CT molecular complexity index is 929. The first-order valence-electron chi connectivity index (χ1n) is 9.81. The fourth-order valence-electron chi connectivity index (χ4n) is 2.86. The molecule has 0 spiro atoms. The van der Waals surface area contributed by atoms with Crippen molar-refractivity contribution in [3.63, 3.8) is 0 Å². The average Bonchev–Trinajstić information content (AvgIpc) is 2.73. The number of halogens is 1. The van der Waals surface area contributed by atoms with Gasteiger partial charge in [-0.3, -0.25) is 9.59 Å². The first-order valence-corrected chi connectivity index (χ1v) is 9.81. The largest absolute Gasteiger partial charge is 0.452 e. The van der Waals surface area contributed by atoms with E-state index in [4.69, 9.17) is 4.74 Å². The monoisotopic (exact) mass is 414 g/mol. The first kappa shape index (κ1) is 23.1. The van der Waals surface area contributed by atoms with E-state index in [1.807, 2.05) is 39.8 Å². The lowest BCUT2D eigenvalue weighted by atomic mass is 10.1. The van der Waals surface area contributed by atoms with Gasteiger partial charge >= 0.3 is 5.97 Å². The van der Waals surface area contributed by atoms with Crippen molar-refractivity contribution in [1.29, 1.82) is 0 Å². The number of nitrogens with one attached hydrogen (secondary N) is 1. The summed E-state index contributed by atoms with van der Waals surface area (Å²) in [6, 6.07) is 10.7. The zero-order valence-corrected chi connectivity index (χ0v) is 17.7. The number of benzene rings is 2. The van der Waals surface area contributed by atoms with Gasteiger partial charge < -0.3 is 15.0 Å². The third-order valence-corrected chi connectivity index (χ3v) is 5.06. The van der Waals surface area contributed by atoms with Crippen molar-refractivity contribution in [3.8, 4) is 0 Å². The van der Waals surface area contributed by atoms with E-state index in [1.165, 1.54) is 23.1 Å². The third-order valence-electron chi connectivity index (χ3n) is 5.06. The maximum absolute atomic E-state index is 13.7. The molecule has 0 aliphatic rings. The Hall–Kier alpha value is -3.22. The predicted molar refractivity (Wildman–Crippen MR) is 113 cm³/mol. The molecule has 0 bridgehead atoms. The number of hydrogen-bond acceptors (Lipinski definition) is 4. The second kappa shape index (κ2) is 10.5. The number of nitrogens with zero attached hydrogens (tertiary/aromatic N) is 1. The third kappa shape index (κ3) is 5.89. The van der Waals surface area contributed by atoms with Gasteiger partial charge in [-0.25, -0.2) is 9.18 Å². The molecule has 1 atom stereocenters. The van der Waals surface area contributed by atoms with Crippen LogP contribution in [0.15, 0.2) is 42.5 Å². The van der Waals surface area contributed by atoms with Crippen LogP contribution in [-0.4, -0.2) is 41.9 Å². The molecular formula is C23H27FN2O4. The molecule has 0 heterocycles. The summed E-state index contributed by atoms with van der Waals surface area (Å²) in [6.45, 7) is 6.79. The fourth-order valence-corrected chi connectivity index (χ4v) is 2.86. The summed E-state index contributed by atoms with van der Waals surface area (Å²) in [5.41, 5.74) is 2.43. The summed E-state index contributed by atoms with van der Waals surface area (Å²) < 4.78 is 18.7. The van der Waals surface area contributed by atoms with Crippen LogP contribution in [0.4, 0.5) is 10.1 Å². The van der Waals surface area contributed by atoms with Crippen LogP contribution in [0.2, 0.25) is 0 Å². The number of carbonyl (C=O) groups is 3. The molecule has 0 aliphatic heterocycles. The molecule has 0 saturated carbocycles. The Morgan fingerprint density at radius 1 is 1.10 bits per heavy atom. The van der Waals surface area contributed by atoms with Crippen molar-refractivity contribution < 1.29 is 23.5 Å². The molecule has 0 unspecified atom stereocenters. The average molecular weight is 414 g/mol. The van der Waals surface area contributed by atoms with Crippen molar-refractivity contribution in [2.45, 2.75) is 40.2 Å². The Balaban J connectivity index is 2.03. The Morgan fingerprint density at radius 2 is 1.80 bits per heavy atom. The van der Waals surface area contributed by atoms with Gasteiger partial charge in [-0.15, -0.1) is 0 Å². The number of rotatable bonds is 8. The van der Waals surface area contributed by atoms with Gasteiger partial charge in [0.2, 0.25) is 5.91 Å². The summed E-state index contributed by atoms with van der Waals surface area (Å²) >= 11 is 0. The number of anilines is 1. The molecular weight excluding hydrogens is 387 g/mol. The standard InChI is InChI=1S/C23H27FN2O4/c1-5-16(3)26(13-21(27)25-20-12-8-9-15(2)17(20)4)22(28)14-30-23(29)18-10-6-7-11-19(18)24/h6-12,16H,5,13-14H2,1-4H3,(H,25,27)/t16-/m1/s1. The van der Waals surface area contributed by atoms with Gasteiger partial charge in [-0.1, -0.05) is 31.2 Å². The Labute approximate surface area is 176 Å². The summed E-state index contributed by atoms with van der Waals surface area (Å²) in [6.07, 6.45) is 0.615. The van der Waals surface area contributed by atoms with Gasteiger partial charge in [0.25, 0.3) is 5.91 Å². The molecule has 0 fully saturated rings. The van der Waals surface area contributed by atoms with Gasteiger partial charge in [0.1, 0.15) is 12.4 Å². The minimum absolute atomic E-state index is 0.182. The highest BCUT2D eigenvalue weighted by Crippen LogP contribution is 2.18. The van der Waals surface area contributed by atoms with E-state index >= 15 is 0 Å². The SMILES string of the molecule is CC[C@@H](C)N(CC(=O)Nc1cccc(C)c1C)C(=O)COC(=O)c1ccccc1F. The summed E-state index contributed by atoms with van der Waals surface area (Å²) in [4.78, 5) is 38.6. The lowest BCUT2D eigenvalue weighted by molar-refractivity contribution is -0.139. The van der Waals surface area contributed by atoms with Crippen LogP contribution in [-0.2, 0) is 14.3 Å². The molecule has 0 radical (unpaired) electrons. The highest BCUT2D eigenvalue weighted by molar-refractivity contribution is 5.96. The minimum atomic E-state index is -0.926. The van der Waals surface area contributed by atoms with Gasteiger partial charge in [-0.2, -0.15) is 0 Å². The number of ether oxygens (including phenoxy) is 1. The molecule has 0 aromatic heterocycles. The fraction of sp³-hybridized carbons (Fsp3) is 0.348. The van der Waals surface area contributed by atoms with E-state index in [1.54, 1.807) is 6.07 Å². The zero-order valence-electron chi connectivity index (χ0n) is 17.7. The van der Waals surface area contributed by atoms with Crippen molar-refractivity contribution >= 4 is 23.5 Å². The van der Waals surface area contributed by atoms with E-state index < -0.39 is 24.3 Å². The topological polar surface area (TPSA) is 75.7 Å². The molecule has 2 aromatic rings. The molecule has 0 aliphatic carbocycles. The molecule has 6 nitrogen and oxygen atoms in total. The summed E-state index contributed by atoms with van der Waals surface area (Å²) in [5, 5.41) is 2.82.